The summed E-state index contributed by atoms with van der Waals surface area (Å²) >= 11 is 0. The maximum absolute atomic E-state index is 11.9. The molecule has 1 atom stereocenters. The Morgan fingerprint density at radius 1 is 1.25 bits per heavy atom. The van der Waals surface area contributed by atoms with Crippen molar-refractivity contribution in [2.24, 2.45) is 0 Å². The van der Waals surface area contributed by atoms with Crippen molar-refractivity contribution in [1.29, 1.82) is 0 Å². The Kier molecular flexibility index (Phi) is 5.81. The molecule has 0 bridgehead atoms. The van der Waals surface area contributed by atoms with Gasteiger partial charge in [0.25, 0.3) is 0 Å². The maximum atomic E-state index is 11.9. The molecular formula is C17H23NO2. The summed E-state index contributed by atoms with van der Waals surface area (Å²) in [6.45, 7) is 3.31. The summed E-state index contributed by atoms with van der Waals surface area (Å²) in [7, 11) is 0. The Morgan fingerprint density at radius 2 is 2.05 bits per heavy atom. The van der Waals surface area contributed by atoms with Gasteiger partial charge >= 0.3 is 0 Å². The van der Waals surface area contributed by atoms with Crippen LogP contribution in [0.15, 0.2) is 36.4 Å². The fourth-order valence-electron chi connectivity index (χ4n) is 2.42. The molecule has 1 fully saturated rings. The van der Waals surface area contributed by atoms with Gasteiger partial charge in [0.05, 0.1) is 6.61 Å². The average Bonchev–Trinajstić information content (AvgIpc) is 2.69. The molecule has 2 rings (SSSR count). The molecule has 0 radical (unpaired) electrons. The number of hydrogen-bond donors (Lipinski definition) is 0. The van der Waals surface area contributed by atoms with Crippen LogP contribution >= 0.6 is 0 Å². The van der Waals surface area contributed by atoms with Crippen molar-refractivity contribution in [3.8, 4) is 0 Å². The molecule has 3 nitrogen and oxygen atoms in total. The van der Waals surface area contributed by atoms with E-state index in [1.165, 1.54) is 0 Å². The number of ether oxygens (including phenoxy) is 1. The van der Waals surface area contributed by atoms with Gasteiger partial charge in [-0.15, -0.1) is 0 Å². The van der Waals surface area contributed by atoms with Crippen LogP contribution in [0.2, 0.25) is 0 Å². The number of nitrogens with zero attached hydrogens (tertiary/aromatic N) is 1. The number of rotatable bonds is 5. The summed E-state index contributed by atoms with van der Waals surface area (Å²) in [6.07, 6.45) is 7.79. The van der Waals surface area contributed by atoms with E-state index in [0.717, 1.165) is 31.4 Å². The van der Waals surface area contributed by atoms with Crippen LogP contribution < -0.4 is 0 Å². The Bertz CT molecular complexity index is 442. The first kappa shape index (κ1) is 14.8. The normalized spacial score (nSPS) is 18.2. The molecule has 108 valence electrons. The summed E-state index contributed by atoms with van der Waals surface area (Å²) in [5.74, 6) is 0.224. The lowest BCUT2D eigenvalue weighted by molar-refractivity contribution is -0.142. The molecule has 0 aliphatic carbocycles. The van der Waals surface area contributed by atoms with E-state index in [-0.39, 0.29) is 12.1 Å². The molecule has 0 N–H and O–H groups in total. The molecule has 1 amide bonds. The van der Waals surface area contributed by atoms with E-state index in [1.54, 1.807) is 0 Å². The first-order valence-electron chi connectivity index (χ1n) is 7.40. The van der Waals surface area contributed by atoms with E-state index >= 15 is 0 Å². The highest BCUT2D eigenvalue weighted by atomic mass is 16.5. The topological polar surface area (TPSA) is 29.5 Å². The molecule has 1 unspecified atom stereocenters. The maximum Gasteiger partial charge on any atom is 0.224 e. The van der Waals surface area contributed by atoms with Gasteiger partial charge in [-0.3, -0.25) is 4.79 Å². The molecule has 1 aliphatic heterocycles. The van der Waals surface area contributed by atoms with E-state index in [2.05, 4.69) is 12.1 Å². The highest BCUT2D eigenvalue weighted by Crippen LogP contribution is 2.14. The minimum Gasteiger partial charge on any atom is -0.355 e. The lowest BCUT2D eigenvalue weighted by atomic mass is 10.2. The lowest BCUT2D eigenvalue weighted by Gasteiger charge is -2.27. The van der Waals surface area contributed by atoms with E-state index < -0.39 is 0 Å². The zero-order chi connectivity index (χ0) is 14.2. The predicted molar refractivity (Wildman–Crippen MR) is 81.1 cm³/mol. The number of hydrogen-bond acceptors (Lipinski definition) is 2. The molecule has 1 aromatic carbocycles. The van der Waals surface area contributed by atoms with Crippen molar-refractivity contribution in [3.63, 3.8) is 0 Å². The van der Waals surface area contributed by atoms with E-state index in [9.17, 15) is 4.79 Å². The second kappa shape index (κ2) is 7.85. The standard InChI is InChI=1S/C17H23NO2/c1-15(18-13-7-3-6-12-17(18)19)20-14-8-11-16-9-4-2-5-10-16/h2,4-5,8-11,15H,3,6-7,12-14H2,1H3/b11-8+. The van der Waals surface area contributed by atoms with Crippen LogP contribution in [0.4, 0.5) is 0 Å². The van der Waals surface area contributed by atoms with Gasteiger partial charge in [-0.1, -0.05) is 48.9 Å². The summed E-state index contributed by atoms with van der Waals surface area (Å²) in [4.78, 5) is 13.8. The van der Waals surface area contributed by atoms with Gasteiger partial charge in [0.1, 0.15) is 6.23 Å². The Labute approximate surface area is 121 Å². The highest BCUT2D eigenvalue weighted by Gasteiger charge is 2.21. The van der Waals surface area contributed by atoms with Crippen LogP contribution in [0.25, 0.3) is 6.08 Å². The van der Waals surface area contributed by atoms with Crippen LogP contribution in [0.3, 0.4) is 0 Å². The fourth-order valence-corrected chi connectivity index (χ4v) is 2.42. The molecule has 1 aromatic rings. The third kappa shape index (κ3) is 4.49. The van der Waals surface area contributed by atoms with Crippen LogP contribution in [0, 0.1) is 0 Å². The van der Waals surface area contributed by atoms with Gasteiger partial charge in [-0.2, -0.15) is 0 Å². The Hall–Kier alpha value is -1.61. The zero-order valence-electron chi connectivity index (χ0n) is 12.1. The van der Waals surface area contributed by atoms with E-state index in [0.29, 0.717) is 13.0 Å². The minimum atomic E-state index is -0.138. The largest absolute Gasteiger partial charge is 0.355 e. The smallest absolute Gasteiger partial charge is 0.224 e. The lowest BCUT2D eigenvalue weighted by Crippen LogP contribution is -2.39. The van der Waals surface area contributed by atoms with Gasteiger partial charge in [0, 0.05) is 13.0 Å². The van der Waals surface area contributed by atoms with Crippen LogP contribution in [-0.4, -0.2) is 30.2 Å². The molecule has 0 spiro atoms. The number of carbonyl (C=O) groups is 1. The minimum absolute atomic E-state index is 0.138. The second-order valence-corrected chi connectivity index (χ2v) is 5.14. The summed E-state index contributed by atoms with van der Waals surface area (Å²) in [5, 5.41) is 0. The summed E-state index contributed by atoms with van der Waals surface area (Å²) in [5.41, 5.74) is 1.16. The van der Waals surface area contributed by atoms with Gasteiger partial charge in [-0.05, 0) is 25.3 Å². The van der Waals surface area contributed by atoms with Crippen LogP contribution in [0.5, 0.6) is 0 Å². The van der Waals surface area contributed by atoms with E-state index in [4.69, 9.17) is 4.74 Å². The summed E-state index contributed by atoms with van der Waals surface area (Å²) in [6, 6.07) is 10.1. The first-order valence-corrected chi connectivity index (χ1v) is 7.40. The molecule has 1 heterocycles. The van der Waals surface area contributed by atoms with Gasteiger partial charge in [0.15, 0.2) is 0 Å². The van der Waals surface area contributed by atoms with Crippen molar-refractivity contribution >= 4 is 12.0 Å². The zero-order valence-corrected chi connectivity index (χ0v) is 12.1. The van der Waals surface area contributed by atoms with E-state index in [1.807, 2.05) is 42.2 Å². The number of benzene rings is 1. The number of carbonyl (C=O) groups excluding carboxylic acids is 1. The third-order valence-electron chi connectivity index (χ3n) is 3.59. The second-order valence-electron chi connectivity index (χ2n) is 5.14. The van der Waals surface area contributed by atoms with Crippen molar-refractivity contribution in [3.05, 3.63) is 42.0 Å². The monoisotopic (exact) mass is 273 g/mol. The molecule has 20 heavy (non-hydrogen) atoms. The van der Waals surface area contributed by atoms with Gasteiger partial charge < -0.3 is 9.64 Å². The van der Waals surface area contributed by atoms with Crippen LogP contribution in [0.1, 0.15) is 38.2 Å². The SMILES string of the molecule is CC(OC/C=C/c1ccccc1)N1CCCCCC1=O. The molecule has 1 aliphatic rings. The van der Waals surface area contributed by atoms with Crippen molar-refractivity contribution in [2.75, 3.05) is 13.2 Å². The Balaban J connectivity index is 1.78. The first-order chi connectivity index (χ1) is 9.77. The highest BCUT2D eigenvalue weighted by molar-refractivity contribution is 5.76. The Morgan fingerprint density at radius 3 is 2.85 bits per heavy atom. The van der Waals surface area contributed by atoms with Gasteiger partial charge in [0.2, 0.25) is 5.91 Å². The number of amides is 1. The molecule has 0 aromatic heterocycles. The quantitative estimate of drug-likeness (QED) is 0.822. The van der Waals surface area contributed by atoms with Crippen molar-refractivity contribution < 1.29 is 9.53 Å². The molecule has 3 heteroatoms. The molecular weight excluding hydrogens is 250 g/mol. The third-order valence-corrected chi connectivity index (χ3v) is 3.59. The van der Waals surface area contributed by atoms with Crippen molar-refractivity contribution in [1.82, 2.24) is 4.90 Å². The predicted octanol–water partition coefficient (Wildman–Crippen LogP) is 3.47. The van der Waals surface area contributed by atoms with Crippen molar-refractivity contribution in [2.45, 2.75) is 38.8 Å². The van der Waals surface area contributed by atoms with Crippen LogP contribution in [-0.2, 0) is 9.53 Å². The van der Waals surface area contributed by atoms with Gasteiger partial charge in [-0.25, -0.2) is 0 Å². The number of likely N-dealkylation sites (tertiary alicyclic amines) is 1. The average molecular weight is 273 g/mol. The summed E-state index contributed by atoms with van der Waals surface area (Å²) < 4.78 is 5.75. The fraction of sp³-hybridized carbons (Fsp3) is 0.471. The molecule has 0 saturated carbocycles. The molecule has 1 saturated heterocycles.